The monoisotopic (exact) mass is 249 g/mol. The van der Waals surface area contributed by atoms with E-state index >= 15 is 0 Å². The summed E-state index contributed by atoms with van der Waals surface area (Å²) in [4.78, 5) is 15.8. The molecule has 17 heavy (non-hydrogen) atoms. The van der Waals surface area contributed by atoms with Crippen molar-refractivity contribution in [2.75, 3.05) is 0 Å². The van der Waals surface area contributed by atoms with E-state index in [0.29, 0.717) is 22.5 Å². The Morgan fingerprint density at radius 1 is 1.47 bits per heavy atom. The molecule has 1 N–H and O–H groups in total. The first kappa shape index (κ1) is 11.9. The highest BCUT2D eigenvalue weighted by Crippen LogP contribution is 2.30. The molecule has 0 bridgehead atoms. The van der Waals surface area contributed by atoms with E-state index in [-0.39, 0.29) is 17.2 Å². The number of halogens is 1. The molecule has 1 aromatic heterocycles. The topological polar surface area (TPSA) is 50.2 Å². The third-order valence-corrected chi connectivity index (χ3v) is 2.99. The van der Waals surface area contributed by atoms with E-state index in [2.05, 4.69) is 4.98 Å². The van der Waals surface area contributed by atoms with Gasteiger partial charge in [-0.2, -0.15) is 0 Å². The Morgan fingerprint density at radius 2 is 2.18 bits per heavy atom. The first-order valence-corrected chi connectivity index (χ1v) is 5.74. The van der Waals surface area contributed by atoms with Crippen LogP contribution in [0.3, 0.4) is 0 Å². The Bertz CT molecular complexity index is 608. The molecule has 2 rings (SSSR count). The molecule has 4 heteroatoms. The summed E-state index contributed by atoms with van der Waals surface area (Å²) in [6.07, 6.45) is 0.319. The number of aromatic nitrogens is 1. The van der Waals surface area contributed by atoms with Crippen molar-refractivity contribution in [3.63, 3.8) is 0 Å². The quantitative estimate of drug-likeness (QED) is 0.829. The Morgan fingerprint density at radius 3 is 2.82 bits per heavy atom. The zero-order chi connectivity index (χ0) is 12.6. The molecule has 0 aliphatic heterocycles. The summed E-state index contributed by atoms with van der Waals surface area (Å²) in [6.45, 7) is 3.49. The number of hydrogen-bond donors (Lipinski definition) is 1. The molecular weight excluding hydrogens is 238 g/mol. The fraction of sp³-hybridized carbons (Fsp3) is 0.231. The van der Waals surface area contributed by atoms with Crippen LogP contribution < -0.4 is 0 Å². The van der Waals surface area contributed by atoms with Crippen molar-refractivity contribution in [2.45, 2.75) is 20.3 Å². The summed E-state index contributed by atoms with van der Waals surface area (Å²) < 4.78 is 0. The molecule has 0 aliphatic rings. The molecule has 2 aromatic rings. The number of ketones is 1. The van der Waals surface area contributed by atoms with Crippen LogP contribution in [-0.2, 0) is 0 Å². The number of aryl methyl sites for hydroxylation is 1. The van der Waals surface area contributed by atoms with Crippen molar-refractivity contribution in [1.82, 2.24) is 4.98 Å². The van der Waals surface area contributed by atoms with Crippen molar-refractivity contribution < 1.29 is 9.90 Å². The van der Waals surface area contributed by atoms with E-state index < -0.39 is 0 Å². The summed E-state index contributed by atoms with van der Waals surface area (Å²) in [5.41, 5.74) is 1.44. The molecule has 88 valence electrons. The normalized spacial score (nSPS) is 10.8. The highest BCUT2D eigenvalue weighted by atomic mass is 35.5. The van der Waals surface area contributed by atoms with Crippen molar-refractivity contribution in [3.05, 3.63) is 34.5 Å². The van der Waals surface area contributed by atoms with E-state index in [1.165, 1.54) is 0 Å². The second-order valence-electron chi connectivity index (χ2n) is 3.87. The third-order valence-electron chi connectivity index (χ3n) is 2.76. The van der Waals surface area contributed by atoms with E-state index in [9.17, 15) is 9.90 Å². The van der Waals surface area contributed by atoms with Gasteiger partial charge in [-0.15, -0.1) is 0 Å². The highest BCUT2D eigenvalue weighted by Gasteiger charge is 2.16. The Hall–Kier alpha value is -1.61. The predicted octanol–water partition coefficient (Wildman–Crippen LogP) is 3.49. The molecule has 0 unspecified atom stereocenters. The predicted molar refractivity (Wildman–Crippen MR) is 67.8 cm³/mol. The van der Waals surface area contributed by atoms with Gasteiger partial charge in [0.2, 0.25) is 0 Å². The van der Waals surface area contributed by atoms with Crippen LogP contribution in [0.25, 0.3) is 10.9 Å². The van der Waals surface area contributed by atoms with Gasteiger partial charge in [0.15, 0.2) is 5.78 Å². The Balaban J connectivity index is 2.79. The van der Waals surface area contributed by atoms with Crippen LogP contribution in [0.2, 0.25) is 5.02 Å². The molecule has 0 aliphatic carbocycles. The first-order chi connectivity index (χ1) is 8.04. The van der Waals surface area contributed by atoms with Gasteiger partial charge in [-0.1, -0.05) is 18.5 Å². The number of rotatable bonds is 2. The van der Waals surface area contributed by atoms with Gasteiger partial charge in [-0.25, -0.2) is 4.98 Å². The number of benzene rings is 1. The molecule has 0 radical (unpaired) electrons. The molecule has 0 fully saturated rings. The maximum atomic E-state index is 11.6. The highest BCUT2D eigenvalue weighted by molar-refractivity contribution is 6.31. The van der Waals surface area contributed by atoms with Gasteiger partial charge in [-0.05, 0) is 25.1 Å². The van der Waals surface area contributed by atoms with Crippen LogP contribution in [-0.4, -0.2) is 15.9 Å². The van der Waals surface area contributed by atoms with Gasteiger partial charge in [-0.3, -0.25) is 4.79 Å². The van der Waals surface area contributed by atoms with Crippen LogP contribution in [0.15, 0.2) is 18.2 Å². The minimum absolute atomic E-state index is 0.0494. The number of aromatic hydroxyl groups is 1. The lowest BCUT2D eigenvalue weighted by molar-refractivity contribution is 0.0981. The minimum Gasteiger partial charge on any atom is -0.505 e. The van der Waals surface area contributed by atoms with Crippen LogP contribution in [0.4, 0.5) is 0 Å². The number of pyridine rings is 1. The third kappa shape index (κ3) is 1.98. The van der Waals surface area contributed by atoms with E-state index in [1.54, 1.807) is 32.0 Å². The lowest BCUT2D eigenvalue weighted by Crippen LogP contribution is -2.02. The zero-order valence-electron chi connectivity index (χ0n) is 9.62. The van der Waals surface area contributed by atoms with Crippen molar-refractivity contribution in [1.29, 1.82) is 0 Å². The fourth-order valence-corrected chi connectivity index (χ4v) is 1.92. The Labute approximate surface area is 104 Å². The standard InChI is InChI=1S/C13H12ClNO2/c1-3-11(16)12-13(17)7(2)9-6-8(14)4-5-10(9)15-12/h4-6,17H,3H2,1-2H3. The largest absolute Gasteiger partial charge is 0.505 e. The Kier molecular flexibility index (Phi) is 3.03. The second kappa shape index (κ2) is 4.34. The van der Waals surface area contributed by atoms with Gasteiger partial charge < -0.3 is 5.11 Å². The summed E-state index contributed by atoms with van der Waals surface area (Å²) in [5.74, 6) is -0.214. The van der Waals surface area contributed by atoms with E-state index in [0.717, 1.165) is 5.39 Å². The number of Topliss-reactive ketones (excluding diaryl/α,β-unsaturated/α-hetero) is 1. The minimum atomic E-state index is -0.164. The van der Waals surface area contributed by atoms with Crippen molar-refractivity contribution in [3.8, 4) is 5.75 Å². The SMILES string of the molecule is CCC(=O)c1nc2ccc(Cl)cc2c(C)c1O. The number of nitrogens with zero attached hydrogens (tertiary/aromatic N) is 1. The van der Waals surface area contributed by atoms with Gasteiger partial charge in [0.25, 0.3) is 0 Å². The average molecular weight is 250 g/mol. The molecule has 1 aromatic carbocycles. The second-order valence-corrected chi connectivity index (χ2v) is 4.31. The van der Waals surface area contributed by atoms with Crippen LogP contribution in [0.1, 0.15) is 29.4 Å². The maximum Gasteiger partial charge on any atom is 0.184 e. The maximum absolute atomic E-state index is 11.6. The van der Waals surface area contributed by atoms with Crippen molar-refractivity contribution in [2.24, 2.45) is 0 Å². The van der Waals surface area contributed by atoms with E-state index in [4.69, 9.17) is 11.6 Å². The molecule has 1 heterocycles. The van der Waals surface area contributed by atoms with Gasteiger partial charge in [0.1, 0.15) is 11.4 Å². The lowest BCUT2D eigenvalue weighted by atomic mass is 10.1. The molecule has 0 atom stereocenters. The van der Waals surface area contributed by atoms with E-state index in [1.807, 2.05) is 0 Å². The van der Waals surface area contributed by atoms with Crippen LogP contribution in [0.5, 0.6) is 5.75 Å². The molecule has 0 spiro atoms. The van der Waals surface area contributed by atoms with Gasteiger partial charge in [0, 0.05) is 22.4 Å². The fourth-order valence-electron chi connectivity index (χ4n) is 1.75. The summed E-state index contributed by atoms with van der Waals surface area (Å²) in [7, 11) is 0. The van der Waals surface area contributed by atoms with Crippen LogP contribution >= 0.6 is 11.6 Å². The molecule has 3 nitrogen and oxygen atoms in total. The molecule has 0 saturated heterocycles. The summed E-state index contributed by atoms with van der Waals surface area (Å²) in [6, 6.07) is 5.20. The smallest absolute Gasteiger partial charge is 0.184 e. The first-order valence-electron chi connectivity index (χ1n) is 5.36. The number of carbonyl (C=O) groups is 1. The zero-order valence-corrected chi connectivity index (χ0v) is 10.4. The number of hydrogen-bond acceptors (Lipinski definition) is 3. The van der Waals surface area contributed by atoms with Crippen molar-refractivity contribution >= 4 is 28.3 Å². The number of fused-ring (bicyclic) bond motifs is 1. The summed E-state index contributed by atoms with van der Waals surface area (Å²) >= 11 is 5.90. The average Bonchev–Trinajstić information content (AvgIpc) is 2.33. The molecule has 0 saturated carbocycles. The van der Waals surface area contributed by atoms with Gasteiger partial charge in [0.05, 0.1) is 5.52 Å². The van der Waals surface area contributed by atoms with Crippen LogP contribution in [0, 0.1) is 6.92 Å². The summed E-state index contributed by atoms with van der Waals surface area (Å²) in [5, 5.41) is 11.3. The molecular formula is C13H12ClNO2. The lowest BCUT2D eigenvalue weighted by Gasteiger charge is -2.08. The molecule has 0 amide bonds. The van der Waals surface area contributed by atoms with Gasteiger partial charge >= 0.3 is 0 Å². The number of carbonyl (C=O) groups excluding carboxylic acids is 1.